The van der Waals surface area contributed by atoms with Crippen LogP contribution in [0.2, 0.25) is 0 Å². The van der Waals surface area contributed by atoms with Crippen molar-refractivity contribution in [3.63, 3.8) is 0 Å². The minimum atomic E-state index is -0.727. The average Bonchev–Trinajstić information content (AvgIpc) is 2.51. The van der Waals surface area contributed by atoms with Gasteiger partial charge in [-0.05, 0) is 42.5 Å². The van der Waals surface area contributed by atoms with Crippen molar-refractivity contribution in [2.45, 2.75) is 32.3 Å². The molecule has 0 aliphatic carbocycles. The summed E-state index contributed by atoms with van der Waals surface area (Å²) < 4.78 is 5.78. The van der Waals surface area contributed by atoms with E-state index in [0.29, 0.717) is 13.0 Å². The molecule has 3 nitrogen and oxygen atoms in total. The summed E-state index contributed by atoms with van der Waals surface area (Å²) in [6, 6.07) is 18.1. The fourth-order valence-electron chi connectivity index (χ4n) is 2.14. The molecule has 0 saturated carbocycles. The molecule has 21 heavy (non-hydrogen) atoms. The van der Waals surface area contributed by atoms with Crippen LogP contribution in [0.1, 0.15) is 30.4 Å². The summed E-state index contributed by atoms with van der Waals surface area (Å²) in [5.74, 6) is 0.129. The first-order valence-corrected chi connectivity index (χ1v) is 7.21. The van der Waals surface area contributed by atoms with Crippen LogP contribution >= 0.6 is 0 Å². The van der Waals surface area contributed by atoms with Crippen molar-refractivity contribution in [3.8, 4) is 5.75 Å². The number of aryl methyl sites for hydroxylation is 1. The summed E-state index contributed by atoms with van der Waals surface area (Å²) in [5, 5.41) is 8.61. The molecule has 1 N–H and O–H groups in total. The van der Waals surface area contributed by atoms with Gasteiger partial charge in [-0.15, -0.1) is 0 Å². The molecule has 0 aliphatic heterocycles. The molecule has 110 valence electrons. The van der Waals surface area contributed by atoms with Gasteiger partial charge in [0, 0.05) is 6.42 Å². The van der Waals surface area contributed by atoms with Crippen molar-refractivity contribution in [1.82, 2.24) is 0 Å². The van der Waals surface area contributed by atoms with Crippen LogP contribution in [0.25, 0.3) is 0 Å². The van der Waals surface area contributed by atoms with Gasteiger partial charge in [-0.25, -0.2) is 0 Å². The van der Waals surface area contributed by atoms with Gasteiger partial charge in [0.25, 0.3) is 0 Å². The quantitative estimate of drug-likeness (QED) is 0.743. The lowest BCUT2D eigenvalue weighted by molar-refractivity contribution is -0.137. The smallest absolute Gasteiger partial charge is 0.303 e. The fourth-order valence-corrected chi connectivity index (χ4v) is 2.14. The zero-order chi connectivity index (χ0) is 14.9. The minimum absolute atomic E-state index is 0.240. The maximum atomic E-state index is 10.5. The molecular formula is C18H20O3. The molecule has 0 atom stereocenters. The maximum Gasteiger partial charge on any atom is 0.303 e. The van der Waals surface area contributed by atoms with E-state index in [4.69, 9.17) is 9.84 Å². The van der Waals surface area contributed by atoms with E-state index < -0.39 is 5.97 Å². The molecular weight excluding hydrogens is 264 g/mol. The molecule has 0 spiro atoms. The Bertz CT molecular complexity index is 564. The Labute approximate surface area is 125 Å². The summed E-state index contributed by atoms with van der Waals surface area (Å²) in [7, 11) is 0. The van der Waals surface area contributed by atoms with Gasteiger partial charge in [0.2, 0.25) is 0 Å². The number of carbonyl (C=O) groups is 1. The summed E-state index contributed by atoms with van der Waals surface area (Å²) in [4.78, 5) is 10.5. The summed E-state index contributed by atoms with van der Waals surface area (Å²) >= 11 is 0. The number of ether oxygens (including phenoxy) is 1. The molecule has 0 amide bonds. The van der Waals surface area contributed by atoms with E-state index in [1.165, 1.54) is 5.56 Å². The molecule has 0 aliphatic rings. The summed E-state index contributed by atoms with van der Waals surface area (Å²) in [6.07, 6.45) is 2.72. The third-order valence-corrected chi connectivity index (χ3v) is 3.25. The van der Waals surface area contributed by atoms with Gasteiger partial charge >= 0.3 is 5.97 Å². The van der Waals surface area contributed by atoms with Crippen LogP contribution < -0.4 is 4.74 Å². The van der Waals surface area contributed by atoms with Gasteiger partial charge in [0.05, 0.1) is 0 Å². The van der Waals surface area contributed by atoms with E-state index >= 15 is 0 Å². The normalized spacial score (nSPS) is 10.3. The zero-order valence-electron chi connectivity index (χ0n) is 12.0. The predicted molar refractivity (Wildman–Crippen MR) is 82.4 cm³/mol. The van der Waals surface area contributed by atoms with Crippen LogP contribution in [0.5, 0.6) is 5.75 Å². The zero-order valence-corrected chi connectivity index (χ0v) is 12.0. The van der Waals surface area contributed by atoms with Crippen LogP contribution in [-0.2, 0) is 17.8 Å². The Balaban J connectivity index is 1.81. The molecule has 0 aromatic heterocycles. The average molecular weight is 284 g/mol. The van der Waals surface area contributed by atoms with Crippen molar-refractivity contribution in [2.75, 3.05) is 0 Å². The van der Waals surface area contributed by atoms with E-state index in [9.17, 15) is 4.79 Å². The van der Waals surface area contributed by atoms with Crippen LogP contribution in [-0.4, -0.2) is 11.1 Å². The number of carboxylic acid groups (broad SMARTS) is 1. The second kappa shape index (κ2) is 8.10. The van der Waals surface area contributed by atoms with Crippen LogP contribution in [0, 0.1) is 0 Å². The van der Waals surface area contributed by atoms with Gasteiger partial charge in [-0.2, -0.15) is 0 Å². The molecule has 0 fully saturated rings. The number of hydrogen-bond donors (Lipinski definition) is 1. The van der Waals surface area contributed by atoms with Crippen LogP contribution in [0.3, 0.4) is 0 Å². The highest BCUT2D eigenvalue weighted by atomic mass is 16.5. The molecule has 2 rings (SSSR count). The van der Waals surface area contributed by atoms with E-state index in [0.717, 1.165) is 24.2 Å². The monoisotopic (exact) mass is 284 g/mol. The van der Waals surface area contributed by atoms with E-state index in [1.807, 2.05) is 48.5 Å². The van der Waals surface area contributed by atoms with Gasteiger partial charge in [0.1, 0.15) is 12.4 Å². The first kappa shape index (κ1) is 15.1. The highest BCUT2D eigenvalue weighted by Gasteiger charge is 2.00. The lowest BCUT2D eigenvalue weighted by atomic mass is 10.1. The molecule has 3 heteroatoms. The van der Waals surface area contributed by atoms with Crippen molar-refractivity contribution >= 4 is 5.97 Å². The van der Waals surface area contributed by atoms with Gasteiger partial charge < -0.3 is 9.84 Å². The molecule has 0 heterocycles. The number of unbranched alkanes of at least 4 members (excludes halogenated alkanes) is 1. The van der Waals surface area contributed by atoms with E-state index in [-0.39, 0.29) is 6.42 Å². The number of benzene rings is 2. The highest BCUT2D eigenvalue weighted by molar-refractivity contribution is 5.66. The van der Waals surface area contributed by atoms with Crippen molar-refractivity contribution in [3.05, 3.63) is 65.7 Å². The number of hydrogen-bond acceptors (Lipinski definition) is 2. The first-order valence-electron chi connectivity index (χ1n) is 7.21. The van der Waals surface area contributed by atoms with Crippen LogP contribution in [0.4, 0.5) is 0 Å². The number of aliphatic carboxylic acids is 1. The van der Waals surface area contributed by atoms with E-state index in [1.54, 1.807) is 0 Å². The van der Waals surface area contributed by atoms with Crippen LogP contribution in [0.15, 0.2) is 54.6 Å². The van der Waals surface area contributed by atoms with Crippen molar-refractivity contribution in [1.29, 1.82) is 0 Å². The Hall–Kier alpha value is -2.29. The lowest BCUT2D eigenvalue weighted by Gasteiger charge is -2.08. The largest absolute Gasteiger partial charge is 0.489 e. The number of rotatable bonds is 8. The Morgan fingerprint density at radius 1 is 0.952 bits per heavy atom. The Morgan fingerprint density at radius 3 is 2.48 bits per heavy atom. The van der Waals surface area contributed by atoms with Gasteiger partial charge in [0.15, 0.2) is 0 Å². The second-order valence-corrected chi connectivity index (χ2v) is 5.02. The van der Waals surface area contributed by atoms with Crippen molar-refractivity contribution < 1.29 is 14.6 Å². The molecule has 0 saturated heterocycles. The third-order valence-electron chi connectivity index (χ3n) is 3.25. The number of carboxylic acids is 1. The third kappa shape index (κ3) is 5.69. The standard InChI is InChI=1S/C18H20O3/c19-18(20)12-5-4-7-15-10-6-11-17(13-15)21-14-16-8-2-1-3-9-16/h1-3,6,8-11,13H,4-5,7,12,14H2,(H,19,20). The summed E-state index contributed by atoms with van der Waals surface area (Å²) in [5.41, 5.74) is 2.33. The molecule has 0 unspecified atom stereocenters. The molecule has 2 aromatic carbocycles. The molecule has 0 bridgehead atoms. The Morgan fingerprint density at radius 2 is 1.71 bits per heavy atom. The molecule has 0 radical (unpaired) electrons. The SMILES string of the molecule is O=C(O)CCCCc1cccc(OCc2ccccc2)c1. The fraction of sp³-hybridized carbons (Fsp3) is 0.278. The van der Waals surface area contributed by atoms with Crippen molar-refractivity contribution in [2.24, 2.45) is 0 Å². The lowest BCUT2D eigenvalue weighted by Crippen LogP contribution is -1.97. The topological polar surface area (TPSA) is 46.5 Å². The second-order valence-electron chi connectivity index (χ2n) is 5.02. The summed E-state index contributed by atoms with van der Waals surface area (Å²) in [6.45, 7) is 0.559. The minimum Gasteiger partial charge on any atom is -0.489 e. The Kier molecular flexibility index (Phi) is 5.83. The maximum absolute atomic E-state index is 10.5. The molecule has 2 aromatic rings. The highest BCUT2D eigenvalue weighted by Crippen LogP contribution is 2.17. The predicted octanol–water partition coefficient (Wildman–Crippen LogP) is 4.06. The van der Waals surface area contributed by atoms with Gasteiger partial charge in [-0.1, -0.05) is 42.5 Å². The van der Waals surface area contributed by atoms with Gasteiger partial charge in [-0.3, -0.25) is 4.79 Å². The van der Waals surface area contributed by atoms with E-state index in [2.05, 4.69) is 6.07 Å². The first-order chi connectivity index (χ1) is 10.2.